The lowest BCUT2D eigenvalue weighted by Crippen LogP contribution is -2.21. The van der Waals surface area contributed by atoms with Crippen LogP contribution in [0.5, 0.6) is 0 Å². The zero-order valence-electron chi connectivity index (χ0n) is 15.7. The molecular formula is C22H16ClN3O3. The maximum atomic E-state index is 13.5. The van der Waals surface area contributed by atoms with E-state index in [9.17, 15) is 9.59 Å². The van der Waals surface area contributed by atoms with Crippen LogP contribution in [-0.2, 0) is 4.74 Å². The highest BCUT2D eigenvalue weighted by molar-refractivity contribution is 6.31. The van der Waals surface area contributed by atoms with E-state index in [1.54, 1.807) is 67.8 Å². The van der Waals surface area contributed by atoms with E-state index in [0.717, 1.165) is 0 Å². The summed E-state index contributed by atoms with van der Waals surface area (Å²) in [6, 6.07) is 14.0. The number of hydrogen-bond acceptors (Lipinski definition) is 5. The normalized spacial score (nSPS) is 10.9. The molecular weight excluding hydrogens is 390 g/mol. The number of fused-ring (bicyclic) bond motifs is 1. The van der Waals surface area contributed by atoms with Crippen molar-refractivity contribution in [1.82, 2.24) is 14.5 Å². The number of benzene rings is 1. The highest BCUT2D eigenvalue weighted by Crippen LogP contribution is 2.33. The molecule has 3 aromatic heterocycles. The largest absolute Gasteiger partial charge is 0.465 e. The van der Waals surface area contributed by atoms with Crippen molar-refractivity contribution in [2.45, 2.75) is 6.92 Å². The fourth-order valence-electron chi connectivity index (χ4n) is 3.36. The van der Waals surface area contributed by atoms with E-state index in [1.807, 2.05) is 0 Å². The van der Waals surface area contributed by atoms with Crippen molar-refractivity contribution in [1.29, 1.82) is 0 Å². The van der Waals surface area contributed by atoms with Crippen LogP contribution in [0.2, 0.25) is 5.02 Å². The average molecular weight is 406 g/mol. The second-order valence-electron chi connectivity index (χ2n) is 6.39. The van der Waals surface area contributed by atoms with Gasteiger partial charge >= 0.3 is 5.97 Å². The topological polar surface area (TPSA) is 74.1 Å². The number of methoxy groups -OCH3 is 1. The molecule has 1 aromatic carbocycles. The molecule has 0 bridgehead atoms. The van der Waals surface area contributed by atoms with Crippen LogP contribution in [0.15, 0.2) is 65.7 Å². The average Bonchev–Trinajstić information content (AvgIpc) is 2.73. The van der Waals surface area contributed by atoms with E-state index in [2.05, 4.69) is 9.97 Å². The van der Waals surface area contributed by atoms with Crippen LogP contribution in [0, 0.1) is 6.92 Å². The number of esters is 1. The molecule has 0 aliphatic heterocycles. The van der Waals surface area contributed by atoms with Gasteiger partial charge in [0.05, 0.1) is 29.3 Å². The lowest BCUT2D eigenvalue weighted by Gasteiger charge is -2.15. The lowest BCUT2D eigenvalue weighted by molar-refractivity contribution is 0.0600. The Morgan fingerprint density at radius 2 is 1.97 bits per heavy atom. The second-order valence-corrected chi connectivity index (χ2v) is 6.82. The van der Waals surface area contributed by atoms with E-state index in [4.69, 9.17) is 16.3 Å². The number of nitrogens with zero attached hydrogens (tertiary/aromatic N) is 3. The van der Waals surface area contributed by atoms with Crippen LogP contribution in [-0.4, -0.2) is 27.6 Å². The molecule has 3 heterocycles. The van der Waals surface area contributed by atoms with Gasteiger partial charge in [-0.25, -0.2) is 9.78 Å². The molecule has 0 fully saturated rings. The Balaban J connectivity index is 2.18. The van der Waals surface area contributed by atoms with E-state index in [-0.39, 0.29) is 11.1 Å². The Hall–Kier alpha value is -3.51. The molecule has 4 aromatic rings. The number of pyridine rings is 3. The van der Waals surface area contributed by atoms with E-state index in [1.165, 1.54) is 11.7 Å². The monoisotopic (exact) mass is 405 g/mol. The molecule has 0 unspecified atom stereocenters. The molecule has 29 heavy (non-hydrogen) atoms. The first-order valence-electron chi connectivity index (χ1n) is 8.83. The van der Waals surface area contributed by atoms with E-state index >= 15 is 0 Å². The summed E-state index contributed by atoms with van der Waals surface area (Å²) in [6.45, 7) is 1.71. The molecule has 0 N–H and O–H groups in total. The number of ether oxygens (including phenoxy) is 1. The van der Waals surface area contributed by atoms with Crippen molar-refractivity contribution in [2.24, 2.45) is 0 Å². The summed E-state index contributed by atoms with van der Waals surface area (Å²) in [5.41, 5.74) is 1.91. The van der Waals surface area contributed by atoms with Gasteiger partial charge in [0.25, 0.3) is 5.56 Å². The predicted molar refractivity (Wildman–Crippen MR) is 112 cm³/mol. The number of aryl methyl sites for hydroxylation is 1. The standard InChI is InChI=1S/C22H16ClN3O3/c1-13-18(22(28)29-2)19(14-6-5-7-15(23)12-14)20-16(25-13)9-11-26(21(20)27)17-8-3-4-10-24-17/h3-12H,1-2H3. The molecule has 0 aliphatic carbocycles. The molecule has 0 saturated carbocycles. The lowest BCUT2D eigenvalue weighted by atomic mass is 9.95. The first-order chi connectivity index (χ1) is 14.0. The molecule has 0 spiro atoms. The molecule has 0 saturated heterocycles. The molecule has 144 valence electrons. The first kappa shape index (κ1) is 18.8. The number of hydrogen-bond donors (Lipinski definition) is 0. The maximum absolute atomic E-state index is 13.5. The number of aromatic nitrogens is 3. The fourth-order valence-corrected chi connectivity index (χ4v) is 3.55. The van der Waals surface area contributed by atoms with Crippen LogP contribution >= 0.6 is 11.6 Å². The van der Waals surface area contributed by atoms with Crippen LogP contribution in [0.1, 0.15) is 16.1 Å². The minimum Gasteiger partial charge on any atom is -0.465 e. The van der Waals surface area contributed by atoms with Crippen molar-refractivity contribution < 1.29 is 9.53 Å². The summed E-state index contributed by atoms with van der Waals surface area (Å²) in [6.07, 6.45) is 3.23. The second kappa shape index (κ2) is 7.48. The summed E-state index contributed by atoms with van der Waals surface area (Å²) in [5.74, 6) is -0.101. The van der Waals surface area contributed by atoms with Gasteiger partial charge in [0.1, 0.15) is 5.82 Å². The van der Waals surface area contributed by atoms with Gasteiger partial charge in [0.2, 0.25) is 0 Å². The van der Waals surface area contributed by atoms with Crippen molar-refractivity contribution in [3.05, 3.63) is 87.6 Å². The van der Waals surface area contributed by atoms with Gasteiger partial charge < -0.3 is 4.74 Å². The Bertz CT molecular complexity index is 1300. The van der Waals surface area contributed by atoms with Gasteiger partial charge in [-0.2, -0.15) is 0 Å². The molecule has 7 heteroatoms. The van der Waals surface area contributed by atoms with Crippen LogP contribution in [0.3, 0.4) is 0 Å². The summed E-state index contributed by atoms with van der Waals surface area (Å²) in [4.78, 5) is 34.8. The summed E-state index contributed by atoms with van der Waals surface area (Å²) < 4.78 is 6.41. The Morgan fingerprint density at radius 3 is 2.66 bits per heavy atom. The van der Waals surface area contributed by atoms with Gasteiger partial charge in [-0.1, -0.05) is 29.8 Å². The molecule has 4 rings (SSSR count). The Morgan fingerprint density at radius 1 is 1.14 bits per heavy atom. The SMILES string of the molecule is COC(=O)c1c(C)nc2ccn(-c3ccccn3)c(=O)c2c1-c1cccc(Cl)c1. The first-order valence-corrected chi connectivity index (χ1v) is 9.20. The number of carbonyl (C=O) groups excluding carboxylic acids is 1. The van der Waals surface area contributed by atoms with Crippen LogP contribution < -0.4 is 5.56 Å². The van der Waals surface area contributed by atoms with Gasteiger partial charge in [-0.15, -0.1) is 0 Å². The highest BCUT2D eigenvalue weighted by atomic mass is 35.5. The third-order valence-corrected chi connectivity index (χ3v) is 4.85. The molecule has 0 aliphatic rings. The summed E-state index contributed by atoms with van der Waals surface area (Å²) >= 11 is 6.19. The van der Waals surface area contributed by atoms with Crippen LogP contribution in [0.25, 0.3) is 27.8 Å². The summed E-state index contributed by atoms with van der Waals surface area (Å²) in [7, 11) is 1.30. The van der Waals surface area contributed by atoms with Crippen molar-refractivity contribution >= 4 is 28.5 Å². The van der Waals surface area contributed by atoms with Crippen LogP contribution in [0.4, 0.5) is 0 Å². The number of halogens is 1. The molecule has 6 nitrogen and oxygen atoms in total. The highest BCUT2D eigenvalue weighted by Gasteiger charge is 2.23. The Kier molecular flexibility index (Phi) is 4.86. The summed E-state index contributed by atoms with van der Waals surface area (Å²) in [5, 5.41) is 0.785. The number of carbonyl (C=O) groups is 1. The molecule has 0 radical (unpaired) electrons. The minimum absolute atomic E-state index is 0.234. The maximum Gasteiger partial charge on any atom is 0.340 e. The third kappa shape index (κ3) is 3.28. The smallest absolute Gasteiger partial charge is 0.340 e. The van der Waals surface area contributed by atoms with E-state index in [0.29, 0.717) is 38.6 Å². The molecule has 0 atom stereocenters. The van der Waals surface area contributed by atoms with Gasteiger partial charge in [0.15, 0.2) is 0 Å². The quantitative estimate of drug-likeness (QED) is 0.477. The van der Waals surface area contributed by atoms with Crippen molar-refractivity contribution in [2.75, 3.05) is 7.11 Å². The van der Waals surface area contributed by atoms with E-state index < -0.39 is 5.97 Å². The molecule has 0 amide bonds. The zero-order chi connectivity index (χ0) is 20.5. The van der Waals surface area contributed by atoms with Gasteiger partial charge in [-0.05, 0) is 42.8 Å². The van der Waals surface area contributed by atoms with Crippen molar-refractivity contribution in [3.63, 3.8) is 0 Å². The predicted octanol–water partition coefficient (Wildman–Crippen LogP) is 4.20. The minimum atomic E-state index is -0.570. The zero-order valence-corrected chi connectivity index (χ0v) is 16.5. The van der Waals surface area contributed by atoms with Gasteiger partial charge in [0, 0.05) is 23.0 Å². The number of rotatable bonds is 3. The third-order valence-electron chi connectivity index (χ3n) is 4.62. The Labute approximate surface area is 171 Å². The fraction of sp³-hybridized carbons (Fsp3) is 0.0909. The van der Waals surface area contributed by atoms with Crippen molar-refractivity contribution in [3.8, 4) is 16.9 Å². The van der Waals surface area contributed by atoms with Gasteiger partial charge in [-0.3, -0.25) is 14.3 Å².